The summed E-state index contributed by atoms with van der Waals surface area (Å²) in [6.45, 7) is 1.94. The van der Waals surface area contributed by atoms with Gasteiger partial charge in [0, 0.05) is 11.6 Å². The highest BCUT2D eigenvalue weighted by molar-refractivity contribution is 9.13. The number of furan rings is 1. The van der Waals surface area contributed by atoms with E-state index in [9.17, 15) is 0 Å². The first-order valence-corrected chi connectivity index (χ1v) is 7.04. The van der Waals surface area contributed by atoms with E-state index in [0.717, 1.165) is 10.0 Å². The Kier molecular flexibility index (Phi) is 4.13. The van der Waals surface area contributed by atoms with Gasteiger partial charge in [-0.05, 0) is 38.3 Å². The van der Waals surface area contributed by atoms with E-state index in [-0.39, 0.29) is 0 Å². The van der Waals surface area contributed by atoms with Gasteiger partial charge in [0.05, 0.1) is 4.47 Å². The molecule has 0 N–H and O–H groups in total. The number of hydrogen-bond donors (Lipinski definition) is 0. The van der Waals surface area contributed by atoms with E-state index in [4.69, 9.17) is 27.6 Å². The van der Waals surface area contributed by atoms with Gasteiger partial charge < -0.3 is 4.42 Å². The van der Waals surface area contributed by atoms with Crippen molar-refractivity contribution in [3.8, 4) is 11.6 Å². The summed E-state index contributed by atoms with van der Waals surface area (Å²) in [5, 5.41) is 0.706. The summed E-state index contributed by atoms with van der Waals surface area (Å²) in [5.41, 5.74) is 0.738. The molecule has 0 spiro atoms. The summed E-state index contributed by atoms with van der Waals surface area (Å²) in [5.74, 6) is 0.860. The van der Waals surface area contributed by atoms with Gasteiger partial charge in [-0.15, -0.1) is 0 Å². The van der Waals surface area contributed by atoms with Crippen LogP contribution < -0.4 is 0 Å². The Morgan fingerprint density at radius 1 is 1.24 bits per heavy atom. The van der Waals surface area contributed by atoms with E-state index in [1.165, 1.54) is 0 Å². The fraction of sp³-hybridized carbons (Fsp3) is 0.200. The predicted octanol–water partition coefficient (Wildman–Crippen LogP) is 5.13. The minimum absolute atomic E-state index is 0.353. The molecule has 0 amide bonds. The first-order valence-electron chi connectivity index (χ1n) is 4.70. The number of aromatic nitrogens is 2. The van der Waals surface area contributed by atoms with Crippen LogP contribution in [0.3, 0.4) is 0 Å². The van der Waals surface area contributed by atoms with Crippen LogP contribution in [0.5, 0.6) is 0 Å². The van der Waals surface area contributed by atoms with Crippen molar-refractivity contribution in [3.05, 3.63) is 31.1 Å². The molecule has 0 aliphatic heterocycles. The fourth-order valence-corrected chi connectivity index (χ4v) is 2.52. The molecule has 2 aromatic heterocycles. The first kappa shape index (κ1) is 13.3. The standard InChI is InChI=1S/C10H6Br2Cl2N2O/c1-2-4-8(13)15-10(16-9(4)14)6-3-5(11)7(12)17-6/h3H,2H2,1H3. The highest BCUT2D eigenvalue weighted by atomic mass is 79.9. The largest absolute Gasteiger partial charge is 0.445 e. The number of nitrogens with zero attached hydrogens (tertiary/aromatic N) is 2. The van der Waals surface area contributed by atoms with Gasteiger partial charge in [0.1, 0.15) is 10.3 Å². The molecule has 0 aliphatic carbocycles. The smallest absolute Gasteiger partial charge is 0.198 e. The van der Waals surface area contributed by atoms with Gasteiger partial charge >= 0.3 is 0 Å². The van der Waals surface area contributed by atoms with Crippen molar-refractivity contribution in [1.29, 1.82) is 0 Å². The molecule has 0 unspecified atom stereocenters. The highest BCUT2D eigenvalue weighted by Crippen LogP contribution is 2.33. The zero-order valence-corrected chi connectivity index (χ0v) is 13.3. The molecular formula is C10H6Br2Cl2N2O. The molecule has 17 heavy (non-hydrogen) atoms. The van der Waals surface area contributed by atoms with Gasteiger partial charge in [-0.25, -0.2) is 9.97 Å². The summed E-state index contributed by atoms with van der Waals surface area (Å²) in [6.07, 6.45) is 0.684. The third kappa shape index (κ3) is 2.67. The molecule has 0 aliphatic rings. The zero-order valence-electron chi connectivity index (χ0n) is 8.60. The molecule has 2 heterocycles. The Bertz CT molecular complexity index is 529. The van der Waals surface area contributed by atoms with Gasteiger partial charge in [-0.1, -0.05) is 30.1 Å². The van der Waals surface area contributed by atoms with Crippen LogP contribution in [-0.2, 0) is 6.42 Å². The second-order valence-corrected chi connectivity index (χ2v) is 5.48. The molecule has 2 rings (SSSR count). The van der Waals surface area contributed by atoms with Crippen LogP contribution >= 0.6 is 55.1 Å². The Hall–Kier alpha value is -0.100. The maximum absolute atomic E-state index is 6.03. The third-order valence-corrected chi connectivity index (χ3v) is 4.46. The van der Waals surface area contributed by atoms with Gasteiger partial charge in [-0.3, -0.25) is 0 Å². The number of halogens is 4. The lowest BCUT2D eigenvalue weighted by atomic mass is 10.2. The minimum Gasteiger partial charge on any atom is -0.445 e. The van der Waals surface area contributed by atoms with Crippen LogP contribution in [0.25, 0.3) is 11.6 Å². The first-order chi connectivity index (χ1) is 8.02. The maximum Gasteiger partial charge on any atom is 0.198 e. The van der Waals surface area contributed by atoms with Crippen LogP contribution in [-0.4, -0.2) is 9.97 Å². The molecule has 3 nitrogen and oxygen atoms in total. The summed E-state index contributed by atoms with van der Waals surface area (Å²) in [4.78, 5) is 8.33. The Labute approximate surface area is 125 Å². The van der Waals surface area contributed by atoms with E-state index in [2.05, 4.69) is 41.8 Å². The minimum atomic E-state index is 0.353. The quantitative estimate of drug-likeness (QED) is 0.656. The van der Waals surface area contributed by atoms with Crippen LogP contribution in [0, 0.1) is 0 Å². The van der Waals surface area contributed by atoms with Crippen LogP contribution in [0.4, 0.5) is 0 Å². The lowest BCUT2D eigenvalue weighted by molar-refractivity contribution is 0.549. The molecular weight excluding hydrogens is 395 g/mol. The van der Waals surface area contributed by atoms with Gasteiger partial charge in [0.15, 0.2) is 16.3 Å². The van der Waals surface area contributed by atoms with Gasteiger partial charge in [-0.2, -0.15) is 0 Å². The van der Waals surface area contributed by atoms with Crippen LogP contribution in [0.2, 0.25) is 10.3 Å². The molecule has 0 bridgehead atoms. The predicted molar refractivity (Wildman–Crippen MR) is 74.5 cm³/mol. The van der Waals surface area contributed by atoms with Crippen molar-refractivity contribution in [1.82, 2.24) is 9.97 Å². The lowest BCUT2D eigenvalue weighted by Gasteiger charge is -2.04. The molecule has 7 heteroatoms. The van der Waals surface area contributed by atoms with E-state index < -0.39 is 0 Å². The molecule has 0 aromatic carbocycles. The average molecular weight is 401 g/mol. The molecule has 2 aromatic rings. The van der Waals surface area contributed by atoms with Crippen molar-refractivity contribution < 1.29 is 4.42 Å². The summed E-state index contributed by atoms with van der Waals surface area (Å²) in [6, 6.07) is 1.75. The van der Waals surface area contributed by atoms with Gasteiger partial charge in [0.25, 0.3) is 0 Å². The molecule has 0 saturated carbocycles. The molecule has 90 valence electrons. The molecule has 0 fully saturated rings. The summed E-state index contributed by atoms with van der Waals surface area (Å²) in [7, 11) is 0. The Morgan fingerprint density at radius 3 is 2.24 bits per heavy atom. The SMILES string of the molecule is CCc1c(Cl)nc(-c2cc(Br)c(Br)o2)nc1Cl. The van der Waals surface area contributed by atoms with E-state index in [1.807, 2.05) is 6.92 Å². The molecule has 0 atom stereocenters. The normalized spacial score (nSPS) is 10.9. The van der Waals surface area contributed by atoms with Crippen molar-refractivity contribution >= 4 is 55.1 Å². The van der Waals surface area contributed by atoms with Crippen molar-refractivity contribution in [2.45, 2.75) is 13.3 Å². The molecule has 0 saturated heterocycles. The number of rotatable bonds is 2. The molecule has 0 radical (unpaired) electrons. The van der Waals surface area contributed by atoms with Crippen molar-refractivity contribution in [3.63, 3.8) is 0 Å². The van der Waals surface area contributed by atoms with Crippen LogP contribution in [0.1, 0.15) is 12.5 Å². The highest BCUT2D eigenvalue weighted by Gasteiger charge is 2.15. The second-order valence-electron chi connectivity index (χ2n) is 3.19. The maximum atomic E-state index is 6.03. The Morgan fingerprint density at radius 2 is 1.82 bits per heavy atom. The van der Waals surface area contributed by atoms with Gasteiger partial charge in [0.2, 0.25) is 0 Å². The fourth-order valence-electron chi connectivity index (χ4n) is 1.29. The zero-order chi connectivity index (χ0) is 12.6. The van der Waals surface area contributed by atoms with E-state index in [1.54, 1.807) is 6.07 Å². The van der Waals surface area contributed by atoms with E-state index in [0.29, 0.717) is 33.0 Å². The third-order valence-electron chi connectivity index (χ3n) is 2.13. The van der Waals surface area contributed by atoms with Crippen molar-refractivity contribution in [2.75, 3.05) is 0 Å². The van der Waals surface area contributed by atoms with Crippen molar-refractivity contribution in [2.24, 2.45) is 0 Å². The average Bonchev–Trinajstić information content (AvgIpc) is 2.59. The van der Waals surface area contributed by atoms with E-state index >= 15 is 0 Å². The second kappa shape index (κ2) is 5.26. The summed E-state index contributed by atoms with van der Waals surface area (Å²) < 4.78 is 6.76. The Balaban J connectivity index is 2.54. The summed E-state index contributed by atoms with van der Waals surface area (Å²) >= 11 is 18.6. The monoisotopic (exact) mass is 398 g/mol. The topological polar surface area (TPSA) is 38.9 Å². The number of hydrogen-bond acceptors (Lipinski definition) is 3. The lowest BCUT2D eigenvalue weighted by Crippen LogP contribution is -1.95. The van der Waals surface area contributed by atoms with Crippen LogP contribution in [0.15, 0.2) is 19.6 Å².